The molecule has 0 spiro atoms. The standard InChI is InChI=1S/C25H24O5/c1-2-17-28-21-14-12-20(13-15-21)24(26)30-23-11-7-6-10-22(23)25(27)29-18-16-19-8-4-3-5-9-19/h3-15H,2,16-18H2,1H3. The van der Waals surface area contributed by atoms with Crippen LogP contribution in [0.4, 0.5) is 0 Å². The fourth-order valence-electron chi connectivity index (χ4n) is 2.77. The molecule has 154 valence electrons. The van der Waals surface area contributed by atoms with E-state index in [9.17, 15) is 9.59 Å². The van der Waals surface area contributed by atoms with Crippen molar-refractivity contribution in [3.8, 4) is 11.5 Å². The molecule has 0 aliphatic heterocycles. The molecule has 0 aromatic heterocycles. The lowest BCUT2D eigenvalue weighted by molar-refractivity contribution is 0.0504. The van der Waals surface area contributed by atoms with E-state index in [2.05, 4.69) is 0 Å². The molecule has 3 aromatic rings. The fourth-order valence-corrected chi connectivity index (χ4v) is 2.77. The highest BCUT2D eigenvalue weighted by atomic mass is 16.5. The molecule has 0 unspecified atom stereocenters. The molecule has 5 nitrogen and oxygen atoms in total. The Morgan fingerprint density at radius 3 is 2.20 bits per heavy atom. The second kappa shape index (κ2) is 10.8. The van der Waals surface area contributed by atoms with Gasteiger partial charge in [-0.25, -0.2) is 9.59 Å². The monoisotopic (exact) mass is 404 g/mol. The Kier molecular flexibility index (Phi) is 7.61. The predicted octanol–water partition coefficient (Wildman–Crippen LogP) is 5.09. The van der Waals surface area contributed by atoms with Gasteiger partial charge in [0.1, 0.15) is 17.1 Å². The van der Waals surface area contributed by atoms with Crippen LogP contribution in [0.5, 0.6) is 11.5 Å². The molecule has 0 bridgehead atoms. The van der Waals surface area contributed by atoms with E-state index in [4.69, 9.17) is 14.2 Å². The molecule has 30 heavy (non-hydrogen) atoms. The van der Waals surface area contributed by atoms with Crippen molar-refractivity contribution in [3.63, 3.8) is 0 Å². The van der Waals surface area contributed by atoms with Crippen LogP contribution in [0.15, 0.2) is 78.9 Å². The van der Waals surface area contributed by atoms with E-state index >= 15 is 0 Å². The summed E-state index contributed by atoms with van der Waals surface area (Å²) in [5, 5.41) is 0. The summed E-state index contributed by atoms with van der Waals surface area (Å²) >= 11 is 0. The second-order valence-electron chi connectivity index (χ2n) is 6.63. The third-order valence-electron chi connectivity index (χ3n) is 4.34. The van der Waals surface area contributed by atoms with Crippen molar-refractivity contribution in [2.45, 2.75) is 19.8 Å². The van der Waals surface area contributed by atoms with E-state index in [-0.39, 0.29) is 17.9 Å². The van der Waals surface area contributed by atoms with Crippen molar-refractivity contribution in [2.75, 3.05) is 13.2 Å². The molecular weight excluding hydrogens is 380 g/mol. The summed E-state index contributed by atoms with van der Waals surface area (Å²) in [6, 6.07) is 23.0. The van der Waals surface area contributed by atoms with Crippen molar-refractivity contribution in [2.24, 2.45) is 0 Å². The quantitative estimate of drug-likeness (QED) is 0.367. The zero-order valence-electron chi connectivity index (χ0n) is 16.9. The van der Waals surface area contributed by atoms with E-state index in [0.29, 0.717) is 24.3 Å². The maximum atomic E-state index is 12.5. The van der Waals surface area contributed by atoms with Crippen LogP contribution in [-0.2, 0) is 11.2 Å². The van der Waals surface area contributed by atoms with Gasteiger partial charge in [0, 0.05) is 6.42 Å². The summed E-state index contributed by atoms with van der Waals surface area (Å²) < 4.78 is 16.3. The van der Waals surface area contributed by atoms with Crippen LogP contribution in [0.3, 0.4) is 0 Å². The third-order valence-corrected chi connectivity index (χ3v) is 4.34. The molecular formula is C25H24O5. The fraction of sp³-hybridized carbons (Fsp3) is 0.200. The Morgan fingerprint density at radius 2 is 1.47 bits per heavy atom. The van der Waals surface area contributed by atoms with Gasteiger partial charge in [-0.15, -0.1) is 0 Å². The summed E-state index contributed by atoms with van der Waals surface area (Å²) in [5.74, 6) is -0.228. The first-order valence-electron chi connectivity index (χ1n) is 9.92. The van der Waals surface area contributed by atoms with E-state index in [0.717, 1.165) is 12.0 Å². The van der Waals surface area contributed by atoms with Crippen LogP contribution in [0.1, 0.15) is 39.6 Å². The largest absolute Gasteiger partial charge is 0.494 e. The van der Waals surface area contributed by atoms with Crippen molar-refractivity contribution < 1.29 is 23.8 Å². The van der Waals surface area contributed by atoms with Crippen LogP contribution in [-0.4, -0.2) is 25.2 Å². The molecule has 5 heteroatoms. The Morgan fingerprint density at radius 1 is 0.767 bits per heavy atom. The average molecular weight is 404 g/mol. The maximum absolute atomic E-state index is 12.5. The van der Waals surface area contributed by atoms with Gasteiger partial charge in [-0.3, -0.25) is 0 Å². The molecule has 0 N–H and O–H groups in total. The lowest BCUT2D eigenvalue weighted by atomic mass is 10.1. The van der Waals surface area contributed by atoms with Crippen molar-refractivity contribution in [3.05, 3.63) is 95.6 Å². The van der Waals surface area contributed by atoms with Gasteiger partial charge in [-0.05, 0) is 48.4 Å². The zero-order chi connectivity index (χ0) is 21.2. The van der Waals surface area contributed by atoms with Gasteiger partial charge >= 0.3 is 11.9 Å². The molecule has 0 aliphatic rings. The lowest BCUT2D eigenvalue weighted by Crippen LogP contribution is -2.14. The van der Waals surface area contributed by atoms with Crippen LogP contribution in [0, 0.1) is 0 Å². The summed E-state index contributed by atoms with van der Waals surface area (Å²) in [6.45, 7) is 2.88. The normalized spacial score (nSPS) is 10.3. The summed E-state index contributed by atoms with van der Waals surface area (Å²) in [7, 11) is 0. The molecule has 0 atom stereocenters. The summed E-state index contributed by atoms with van der Waals surface area (Å²) in [4.78, 5) is 25.0. The number of benzene rings is 3. The molecule has 0 fully saturated rings. The van der Waals surface area contributed by atoms with Gasteiger partial charge in [0.05, 0.1) is 18.8 Å². The molecule has 0 saturated heterocycles. The molecule has 3 rings (SSSR count). The first kappa shape index (κ1) is 21.1. The second-order valence-corrected chi connectivity index (χ2v) is 6.63. The Bertz CT molecular complexity index is 964. The van der Waals surface area contributed by atoms with Gasteiger partial charge in [0.15, 0.2) is 0 Å². The summed E-state index contributed by atoms with van der Waals surface area (Å²) in [6.07, 6.45) is 1.52. The lowest BCUT2D eigenvalue weighted by Gasteiger charge is -2.11. The topological polar surface area (TPSA) is 61.8 Å². The first-order valence-corrected chi connectivity index (χ1v) is 9.92. The smallest absolute Gasteiger partial charge is 0.343 e. The minimum absolute atomic E-state index is 0.165. The predicted molar refractivity (Wildman–Crippen MR) is 114 cm³/mol. The molecule has 0 heterocycles. The van der Waals surface area contributed by atoms with Crippen molar-refractivity contribution in [1.29, 1.82) is 0 Å². The van der Waals surface area contributed by atoms with Crippen molar-refractivity contribution >= 4 is 11.9 Å². The highest BCUT2D eigenvalue weighted by Crippen LogP contribution is 2.21. The SMILES string of the molecule is CCCOc1ccc(C(=O)Oc2ccccc2C(=O)OCCc2ccccc2)cc1. The summed E-state index contributed by atoms with van der Waals surface area (Å²) in [5.41, 5.74) is 1.66. The van der Waals surface area contributed by atoms with Gasteiger partial charge in [-0.1, -0.05) is 49.4 Å². The number of carbonyl (C=O) groups excluding carboxylic acids is 2. The number of carbonyl (C=O) groups is 2. The van der Waals surface area contributed by atoms with E-state index < -0.39 is 11.9 Å². The number of ether oxygens (including phenoxy) is 3. The minimum Gasteiger partial charge on any atom is -0.494 e. The van der Waals surface area contributed by atoms with Gasteiger partial charge < -0.3 is 14.2 Å². The maximum Gasteiger partial charge on any atom is 0.343 e. The Labute approximate surface area is 176 Å². The van der Waals surface area contributed by atoms with E-state index in [1.165, 1.54) is 0 Å². The number of esters is 2. The zero-order valence-corrected chi connectivity index (χ0v) is 16.9. The van der Waals surface area contributed by atoms with Gasteiger partial charge in [0.2, 0.25) is 0 Å². The molecule has 0 radical (unpaired) electrons. The van der Waals surface area contributed by atoms with Crippen LogP contribution in [0.2, 0.25) is 0 Å². The van der Waals surface area contributed by atoms with Crippen LogP contribution >= 0.6 is 0 Å². The number of para-hydroxylation sites is 1. The van der Waals surface area contributed by atoms with E-state index in [1.54, 1.807) is 48.5 Å². The highest BCUT2D eigenvalue weighted by molar-refractivity contribution is 5.96. The van der Waals surface area contributed by atoms with E-state index in [1.807, 2.05) is 37.3 Å². The molecule has 0 aliphatic carbocycles. The third kappa shape index (κ3) is 5.95. The Balaban J connectivity index is 1.61. The highest BCUT2D eigenvalue weighted by Gasteiger charge is 2.17. The number of hydrogen-bond acceptors (Lipinski definition) is 5. The molecule has 0 saturated carbocycles. The minimum atomic E-state index is -0.554. The Hall–Kier alpha value is -3.60. The average Bonchev–Trinajstić information content (AvgIpc) is 2.79. The van der Waals surface area contributed by atoms with Crippen LogP contribution < -0.4 is 9.47 Å². The first-order chi connectivity index (χ1) is 14.7. The number of hydrogen-bond donors (Lipinski definition) is 0. The van der Waals surface area contributed by atoms with Gasteiger partial charge in [0.25, 0.3) is 0 Å². The van der Waals surface area contributed by atoms with Gasteiger partial charge in [-0.2, -0.15) is 0 Å². The molecule has 0 amide bonds. The van der Waals surface area contributed by atoms with Crippen LogP contribution in [0.25, 0.3) is 0 Å². The van der Waals surface area contributed by atoms with Crippen molar-refractivity contribution in [1.82, 2.24) is 0 Å². The molecule has 3 aromatic carbocycles. The number of rotatable bonds is 9.